The predicted molar refractivity (Wildman–Crippen MR) is 58.7 cm³/mol. The number of rotatable bonds is 3. The van der Waals surface area contributed by atoms with Gasteiger partial charge in [0.15, 0.2) is 0 Å². The van der Waals surface area contributed by atoms with Crippen molar-refractivity contribution in [1.29, 1.82) is 0 Å². The fourth-order valence-electron chi connectivity index (χ4n) is 1.48. The first-order valence-electron chi connectivity index (χ1n) is 4.88. The van der Waals surface area contributed by atoms with Crippen LogP contribution in [0.3, 0.4) is 0 Å². The number of nitrogens with one attached hydrogen (secondary N) is 1. The molecule has 0 spiro atoms. The van der Waals surface area contributed by atoms with E-state index in [2.05, 4.69) is 28.2 Å². The number of hydrogen-bond acceptors (Lipinski definition) is 1. The summed E-state index contributed by atoms with van der Waals surface area (Å²) >= 11 is 3.15. The zero-order chi connectivity index (χ0) is 10.1. The van der Waals surface area contributed by atoms with Gasteiger partial charge in [-0.25, -0.2) is 4.39 Å². The van der Waals surface area contributed by atoms with E-state index in [1.54, 1.807) is 12.1 Å². The zero-order valence-electron chi connectivity index (χ0n) is 8.06. The van der Waals surface area contributed by atoms with Gasteiger partial charge in [0.2, 0.25) is 0 Å². The largest absolute Gasteiger partial charge is 0.307 e. The minimum absolute atomic E-state index is 0.188. The zero-order valence-corrected chi connectivity index (χ0v) is 9.64. The molecule has 1 atom stereocenters. The Morgan fingerprint density at radius 2 is 2.21 bits per heavy atom. The van der Waals surface area contributed by atoms with Gasteiger partial charge in [-0.1, -0.05) is 6.07 Å². The maximum absolute atomic E-state index is 13.2. The van der Waals surface area contributed by atoms with Crippen LogP contribution in [0.5, 0.6) is 0 Å². The second kappa shape index (κ2) is 3.99. The second-order valence-electron chi connectivity index (χ2n) is 3.84. The van der Waals surface area contributed by atoms with E-state index >= 15 is 0 Å². The SMILES string of the molecule is CC(NC1CC1)c1ccc(Br)c(F)c1. The molecule has 0 radical (unpaired) electrons. The van der Waals surface area contributed by atoms with Crippen LogP contribution in [-0.4, -0.2) is 6.04 Å². The molecule has 0 aromatic heterocycles. The molecular weight excluding hydrogens is 245 g/mol. The summed E-state index contributed by atoms with van der Waals surface area (Å²) in [5.41, 5.74) is 1.01. The van der Waals surface area contributed by atoms with Crippen molar-refractivity contribution in [2.75, 3.05) is 0 Å². The topological polar surface area (TPSA) is 12.0 Å². The van der Waals surface area contributed by atoms with Crippen molar-refractivity contribution < 1.29 is 4.39 Å². The number of halogens is 2. The van der Waals surface area contributed by atoms with E-state index in [0.29, 0.717) is 10.5 Å². The van der Waals surface area contributed by atoms with Gasteiger partial charge in [0.25, 0.3) is 0 Å². The summed E-state index contributed by atoms with van der Waals surface area (Å²) in [4.78, 5) is 0. The van der Waals surface area contributed by atoms with Gasteiger partial charge >= 0.3 is 0 Å². The Labute approximate surface area is 91.8 Å². The summed E-state index contributed by atoms with van der Waals surface area (Å²) in [6.07, 6.45) is 2.51. The molecule has 1 aromatic rings. The Kier molecular flexibility index (Phi) is 2.88. The quantitative estimate of drug-likeness (QED) is 0.876. The molecule has 0 heterocycles. The molecule has 3 heteroatoms. The summed E-state index contributed by atoms with van der Waals surface area (Å²) in [7, 11) is 0. The Bertz CT molecular complexity index is 336. The van der Waals surface area contributed by atoms with Gasteiger partial charge in [-0.2, -0.15) is 0 Å². The van der Waals surface area contributed by atoms with Crippen molar-refractivity contribution in [3.63, 3.8) is 0 Å². The van der Waals surface area contributed by atoms with E-state index in [4.69, 9.17) is 0 Å². The third kappa shape index (κ3) is 2.34. The molecule has 0 bridgehead atoms. The van der Waals surface area contributed by atoms with Crippen LogP contribution < -0.4 is 5.32 Å². The molecule has 1 saturated carbocycles. The normalized spacial score (nSPS) is 18.2. The highest BCUT2D eigenvalue weighted by Gasteiger charge is 2.23. The first-order chi connectivity index (χ1) is 6.66. The summed E-state index contributed by atoms with van der Waals surface area (Å²) in [6.45, 7) is 2.07. The maximum atomic E-state index is 13.2. The van der Waals surface area contributed by atoms with Crippen molar-refractivity contribution in [3.8, 4) is 0 Å². The minimum atomic E-state index is -0.188. The highest BCUT2D eigenvalue weighted by Crippen LogP contribution is 2.25. The maximum Gasteiger partial charge on any atom is 0.137 e. The van der Waals surface area contributed by atoms with Gasteiger partial charge in [0.1, 0.15) is 5.82 Å². The van der Waals surface area contributed by atoms with Crippen LogP contribution in [-0.2, 0) is 0 Å². The molecule has 1 fully saturated rings. The fraction of sp³-hybridized carbons (Fsp3) is 0.455. The molecule has 1 aliphatic rings. The fourth-order valence-corrected chi connectivity index (χ4v) is 1.73. The van der Waals surface area contributed by atoms with Crippen molar-refractivity contribution in [3.05, 3.63) is 34.1 Å². The lowest BCUT2D eigenvalue weighted by Crippen LogP contribution is -2.20. The summed E-state index contributed by atoms with van der Waals surface area (Å²) in [5, 5.41) is 3.43. The third-order valence-corrected chi connectivity index (χ3v) is 3.15. The number of benzene rings is 1. The molecule has 1 aromatic carbocycles. The lowest BCUT2D eigenvalue weighted by Gasteiger charge is -2.13. The molecule has 0 saturated heterocycles. The van der Waals surface area contributed by atoms with Crippen molar-refractivity contribution in [2.24, 2.45) is 0 Å². The average molecular weight is 258 g/mol. The summed E-state index contributed by atoms with van der Waals surface area (Å²) in [5.74, 6) is -0.188. The molecule has 14 heavy (non-hydrogen) atoms. The lowest BCUT2D eigenvalue weighted by atomic mass is 10.1. The molecule has 2 rings (SSSR count). The Morgan fingerprint density at radius 1 is 1.50 bits per heavy atom. The third-order valence-electron chi connectivity index (χ3n) is 2.51. The van der Waals surface area contributed by atoms with E-state index in [0.717, 1.165) is 5.56 Å². The molecule has 0 amide bonds. The minimum Gasteiger partial charge on any atom is -0.307 e. The van der Waals surface area contributed by atoms with Gasteiger partial charge in [-0.15, -0.1) is 0 Å². The Balaban J connectivity index is 2.10. The van der Waals surface area contributed by atoms with Crippen molar-refractivity contribution in [2.45, 2.75) is 31.8 Å². The van der Waals surface area contributed by atoms with E-state index in [9.17, 15) is 4.39 Å². The van der Waals surface area contributed by atoms with E-state index < -0.39 is 0 Å². The summed E-state index contributed by atoms with van der Waals surface area (Å²) in [6, 6.07) is 6.19. The molecule has 1 unspecified atom stereocenters. The highest BCUT2D eigenvalue weighted by atomic mass is 79.9. The van der Waals surface area contributed by atoms with E-state index in [1.807, 2.05) is 6.07 Å². The van der Waals surface area contributed by atoms with Crippen molar-refractivity contribution in [1.82, 2.24) is 5.32 Å². The van der Waals surface area contributed by atoms with Gasteiger partial charge in [0.05, 0.1) is 4.47 Å². The van der Waals surface area contributed by atoms with Crippen LogP contribution in [0.2, 0.25) is 0 Å². The van der Waals surface area contributed by atoms with Gasteiger partial charge in [0, 0.05) is 12.1 Å². The highest BCUT2D eigenvalue weighted by molar-refractivity contribution is 9.10. The Morgan fingerprint density at radius 3 is 2.79 bits per heavy atom. The molecular formula is C11H13BrFN. The van der Waals surface area contributed by atoms with Crippen LogP contribution in [0.4, 0.5) is 4.39 Å². The van der Waals surface area contributed by atoms with Crippen LogP contribution in [0.1, 0.15) is 31.4 Å². The molecule has 76 valence electrons. The molecule has 1 nitrogen and oxygen atoms in total. The second-order valence-corrected chi connectivity index (χ2v) is 4.69. The number of hydrogen-bond donors (Lipinski definition) is 1. The van der Waals surface area contributed by atoms with Crippen LogP contribution in [0, 0.1) is 5.82 Å². The molecule has 0 aliphatic heterocycles. The van der Waals surface area contributed by atoms with Crippen LogP contribution in [0.15, 0.2) is 22.7 Å². The first kappa shape index (κ1) is 10.1. The smallest absolute Gasteiger partial charge is 0.137 e. The van der Waals surface area contributed by atoms with Crippen LogP contribution in [0.25, 0.3) is 0 Å². The molecule has 1 N–H and O–H groups in total. The lowest BCUT2D eigenvalue weighted by molar-refractivity contribution is 0.561. The summed E-state index contributed by atoms with van der Waals surface area (Å²) < 4.78 is 13.7. The van der Waals surface area contributed by atoms with Crippen molar-refractivity contribution >= 4 is 15.9 Å². The van der Waals surface area contributed by atoms with Crippen LogP contribution >= 0.6 is 15.9 Å². The first-order valence-corrected chi connectivity index (χ1v) is 5.67. The van der Waals surface area contributed by atoms with Gasteiger partial charge in [-0.3, -0.25) is 0 Å². The Hall–Kier alpha value is -0.410. The average Bonchev–Trinajstić information content (AvgIpc) is 2.93. The van der Waals surface area contributed by atoms with Gasteiger partial charge < -0.3 is 5.32 Å². The standard InChI is InChI=1S/C11H13BrFN/c1-7(14-9-3-4-9)8-2-5-10(12)11(13)6-8/h2,5-7,9,14H,3-4H2,1H3. The monoisotopic (exact) mass is 257 g/mol. The molecule has 1 aliphatic carbocycles. The van der Waals surface area contributed by atoms with Gasteiger partial charge in [-0.05, 0) is 53.4 Å². The predicted octanol–water partition coefficient (Wildman–Crippen LogP) is 3.40. The van der Waals surface area contributed by atoms with E-state index in [-0.39, 0.29) is 11.9 Å². The van der Waals surface area contributed by atoms with E-state index in [1.165, 1.54) is 12.8 Å².